The Bertz CT molecular complexity index is 989. The Morgan fingerprint density at radius 3 is 2.54 bits per heavy atom. The maximum Gasteiger partial charge on any atom is 0.264 e. The monoisotopic (exact) mass is 317 g/mol. The second-order valence-corrected chi connectivity index (χ2v) is 5.68. The van der Waals surface area contributed by atoms with E-state index in [-0.39, 0.29) is 5.56 Å². The van der Waals surface area contributed by atoms with Crippen LogP contribution >= 0.6 is 0 Å². The highest BCUT2D eigenvalue weighted by Gasteiger charge is 2.12. The van der Waals surface area contributed by atoms with Gasteiger partial charge in [0.25, 0.3) is 5.56 Å². The number of benzene rings is 2. The average molecular weight is 317 g/mol. The zero-order chi connectivity index (χ0) is 17.1. The number of aryl methyl sites for hydroxylation is 1. The van der Waals surface area contributed by atoms with Gasteiger partial charge in [-0.1, -0.05) is 49.1 Å². The Morgan fingerprint density at radius 1 is 1.12 bits per heavy atom. The van der Waals surface area contributed by atoms with Crippen LogP contribution in [0.2, 0.25) is 0 Å². The number of pyridine rings is 1. The van der Waals surface area contributed by atoms with Crippen LogP contribution in [0.3, 0.4) is 0 Å². The molecule has 0 aliphatic heterocycles. The number of para-hydroxylation sites is 1. The molecule has 120 valence electrons. The summed E-state index contributed by atoms with van der Waals surface area (Å²) in [5.74, 6) is 5.66. The molecule has 0 radical (unpaired) electrons. The van der Waals surface area contributed by atoms with E-state index < -0.39 is 6.10 Å². The number of hydrogen-bond donors (Lipinski definition) is 1. The van der Waals surface area contributed by atoms with Crippen LogP contribution in [0.5, 0.6) is 0 Å². The van der Waals surface area contributed by atoms with Crippen molar-refractivity contribution in [3.05, 3.63) is 76.2 Å². The summed E-state index contributed by atoms with van der Waals surface area (Å²) in [7, 11) is 0. The van der Waals surface area contributed by atoms with Gasteiger partial charge in [0.05, 0.1) is 5.39 Å². The number of fused-ring (bicyclic) bond motifs is 1. The van der Waals surface area contributed by atoms with E-state index in [1.54, 1.807) is 11.5 Å². The number of rotatable bonds is 2. The molecule has 0 fully saturated rings. The van der Waals surface area contributed by atoms with Crippen LogP contribution in [0.15, 0.2) is 59.4 Å². The molecule has 1 N–H and O–H groups in total. The predicted octanol–water partition coefficient (Wildman–Crippen LogP) is 3.29. The van der Waals surface area contributed by atoms with E-state index in [0.717, 1.165) is 23.2 Å². The second-order valence-electron chi connectivity index (χ2n) is 5.68. The van der Waals surface area contributed by atoms with Gasteiger partial charge in [-0.25, -0.2) is 0 Å². The van der Waals surface area contributed by atoms with Crippen molar-refractivity contribution >= 4 is 10.8 Å². The molecule has 24 heavy (non-hydrogen) atoms. The fourth-order valence-corrected chi connectivity index (χ4v) is 2.82. The molecule has 3 heteroatoms. The third-order valence-corrected chi connectivity index (χ3v) is 3.92. The Morgan fingerprint density at radius 2 is 1.88 bits per heavy atom. The molecule has 1 aromatic heterocycles. The normalized spacial score (nSPS) is 11.8. The number of aromatic nitrogens is 1. The summed E-state index contributed by atoms with van der Waals surface area (Å²) in [5.41, 5.74) is 2.37. The van der Waals surface area contributed by atoms with Gasteiger partial charge in [-0.3, -0.25) is 9.36 Å². The molecule has 3 aromatic rings. The lowest BCUT2D eigenvalue weighted by Gasteiger charge is -2.14. The molecule has 3 nitrogen and oxygen atoms in total. The third-order valence-electron chi connectivity index (χ3n) is 3.92. The van der Waals surface area contributed by atoms with Crippen molar-refractivity contribution in [2.45, 2.75) is 26.4 Å². The molecule has 0 aliphatic carbocycles. The standard InChI is InChI=1S/C21H19NO2/c1-3-18-14-17-9-7-8-16(13-12-15(2)23)20(17)21(24)22(18)19-10-5-4-6-11-19/h4-11,14-15,23H,3H2,1-2H3. The summed E-state index contributed by atoms with van der Waals surface area (Å²) in [6.45, 7) is 3.65. The molecule has 0 amide bonds. The first-order valence-corrected chi connectivity index (χ1v) is 8.04. The fraction of sp³-hybridized carbons (Fsp3) is 0.190. The summed E-state index contributed by atoms with van der Waals surface area (Å²) in [6, 6.07) is 17.3. The van der Waals surface area contributed by atoms with Crippen molar-refractivity contribution in [1.29, 1.82) is 0 Å². The average Bonchev–Trinajstić information content (AvgIpc) is 2.60. The van der Waals surface area contributed by atoms with E-state index in [1.807, 2.05) is 61.5 Å². The Labute approximate surface area is 141 Å². The SMILES string of the molecule is CCc1cc2cccc(C#CC(C)O)c2c(=O)n1-c1ccccc1. The van der Waals surface area contributed by atoms with Crippen LogP contribution in [0.1, 0.15) is 25.1 Å². The van der Waals surface area contributed by atoms with E-state index >= 15 is 0 Å². The van der Waals surface area contributed by atoms with Crippen LogP contribution < -0.4 is 5.56 Å². The van der Waals surface area contributed by atoms with E-state index in [9.17, 15) is 9.90 Å². The van der Waals surface area contributed by atoms with Gasteiger partial charge < -0.3 is 5.11 Å². The van der Waals surface area contributed by atoms with Gasteiger partial charge in [0, 0.05) is 16.9 Å². The van der Waals surface area contributed by atoms with E-state index in [2.05, 4.69) is 11.8 Å². The van der Waals surface area contributed by atoms with Gasteiger partial charge >= 0.3 is 0 Å². The van der Waals surface area contributed by atoms with E-state index in [1.165, 1.54) is 0 Å². The summed E-state index contributed by atoms with van der Waals surface area (Å²) in [6.07, 6.45) is 0.0236. The fourth-order valence-electron chi connectivity index (χ4n) is 2.82. The maximum atomic E-state index is 13.2. The number of aliphatic hydroxyl groups is 1. The van der Waals surface area contributed by atoms with E-state index in [4.69, 9.17) is 0 Å². The zero-order valence-corrected chi connectivity index (χ0v) is 13.8. The van der Waals surface area contributed by atoms with Crippen molar-refractivity contribution in [1.82, 2.24) is 4.57 Å². The van der Waals surface area contributed by atoms with Crippen LogP contribution in [0, 0.1) is 11.8 Å². The largest absolute Gasteiger partial charge is 0.381 e. The van der Waals surface area contributed by atoms with Crippen molar-refractivity contribution < 1.29 is 5.11 Å². The number of nitrogens with zero attached hydrogens (tertiary/aromatic N) is 1. The molecule has 1 heterocycles. The van der Waals surface area contributed by atoms with Crippen molar-refractivity contribution in [3.63, 3.8) is 0 Å². The smallest absolute Gasteiger partial charge is 0.264 e. The van der Waals surface area contributed by atoms with E-state index in [0.29, 0.717) is 10.9 Å². The Kier molecular flexibility index (Phi) is 4.50. The molecule has 3 rings (SSSR count). The minimum atomic E-state index is -0.730. The van der Waals surface area contributed by atoms with Crippen molar-refractivity contribution in [2.75, 3.05) is 0 Å². The highest BCUT2D eigenvalue weighted by Crippen LogP contribution is 2.19. The highest BCUT2D eigenvalue weighted by molar-refractivity contribution is 5.88. The molecule has 0 saturated carbocycles. The van der Waals surface area contributed by atoms with Crippen LogP contribution in [-0.2, 0) is 6.42 Å². The quantitative estimate of drug-likeness (QED) is 0.737. The first kappa shape index (κ1) is 16.0. The van der Waals surface area contributed by atoms with Gasteiger partial charge in [-0.05, 0) is 43.0 Å². The van der Waals surface area contributed by atoms with Gasteiger partial charge in [-0.15, -0.1) is 0 Å². The minimum Gasteiger partial charge on any atom is -0.381 e. The van der Waals surface area contributed by atoms with Crippen molar-refractivity contribution in [3.8, 4) is 17.5 Å². The molecule has 0 bridgehead atoms. The highest BCUT2D eigenvalue weighted by atomic mass is 16.3. The van der Waals surface area contributed by atoms with Gasteiger partial charge in [-0.2, -0.15) is 0 Å². The van der Waals surface area contributed by atoms with Crippen LogP contribution in [-0.4, -0.2) is 15.8 Å². The first-order valence-electron chi connectivity index (χ1n) is 8.04. The summed E-state index contributed by atoms with van der Waals surface area (Å²) in [5, 5.41) is 10.9. The summed E-state index contributed by atoms with van der Waals surface area (Å²) < 4.78 is 1.75. The Hall–Kier alpha value is -2.83. The summed E-state index contributed by atoms with van der Waals surface area (Å²) in [4.78, 5) is 13.2. The number of aliphatic hydroxyl groups excluding tert-OH is 1. The zero-order valence-electron chi connectivity index (χ0n) is 13.8. The molecule has 1 atom stereocenters. The first-order chi connectivity index (χ1) is 11.6. The Balaban J connectivity index is 2.38. The van der Waals surface area contributed by atoms with Crippen LogP contribution in [0.4, 0.5) is 0 Å². The molecule has 2 aromatic carbocycles. The van der Waals surface area contributed by atoms with Gasteiger partial charge in [0.15, 0.2) is 0 Å². The summed E-state index contributed by atoms with van der Waals surface area (Å²) >= 11 is 0. The van der Waals surface area contributed by atoms with Gasteiger partial charge in [0.1, 0.15) is 6.10 Å². The predicted molar refractivity (Wildman–Crippen MR) is 97.5 cm³/mol. The maximum absolute atomic E-state index is 13.2. The molecule has 0 saturated heterocycles. The minimum absolute atomic E-state index is 0.0777. The lowest BCUT2D eigenvalue weighted by molar-refractivity contribution is 0.253. The molecule has 0 aliphatic rings. The number of hydrogen-bond acceptors (Lipinski definition) is 2. The molecular formula is C21H19NO2. The lowest BCUT2D eigenvalue weighted by Crippen LogP contribution is -2.22. The van der Waals surface area contributed by atoms with Crippen molar-refractivity contribution in [2.24, 2.45) is 0 Å². The lowest BCUT2D eigenvalue weighted by atomic mass is 10.0. The third kappa shape index (κ3) is 2.97. The topological polar surface area (TPSA) is 42.2 Å². The molecule has 1 unspecified atom stereocenters. The van der Waals surface area contributed by atoms with Crippen LogP contribution in [0.25, 0.3) is 16.5 Å². The second kappa shape index (κ2) is 6.74. The van der Waals surface area contributed by atoms with Gasteiger partial charge in [0.2, 0.25) is 0 Å². The molecule has 0 spiro atoms. The molecular weight excluding hydrogens is 298 g/mol.